The summed E-state index contributed by atoms with van der Waals surface area (Å²) in [6, 6.07) is 19.5. The Morgan fingerprint density at radius 2 is 1.85 bits per heavy atom. The summed E-state index contributed by atoms with van der Waals surface area (Å²) in [6.45, 7) is 8.91. The molecule has 170 valence electrons. The summed E-state index contributed by atoms with van der Waals surface area (Å²) in [5.41, 5.74) is 3.04. The van der Waals surface area contributed by atoms with Crippen LogP contribution in [0, 0.1) is 12.4 Å². The fourth-order valence-corrected chi connectivity index (χ4v) is 4.52. The van der Waals surface area contributed by atoms with Crippen molar-refractivity contribution in [2.24, 2.45) is 0 Å². The zero-order valence-corrected chi connectivity index (χ0v) is 19.0. The number of hydrogen-bond donors (Lipinski definition) is 1. The first kappa shape index (κ1) is 23.1. The third kappa shape index (κ3) is 4.96. The maximum Gasteiger partial charge on any atom is 0.187 e. The Balaban J connectivity index is 1.67. The average molecular weight is 466 g/mol. The fourth-order valence-electron chi connectivity index (χ4n) is 4.40. The Labute approximate surface area is 198 Å². The first-order valence-electron chi connectivity index (χ1n) is 10.7. The lowest BCUT2D eigenvalue weighted by Gasteiger charge is -2.45. The molecule has 5 nitrogen and oxygen atoms in total. The van der Waals surface area contributed by atoms with Crippen LogP contribution in [0.5, 0.6) is 5.75 Å². The number of benzene rings is 3. The Morgan fingerprint density at radius 1 is 1.12 bits per heavy atom. The molecule has 0 aromatic heterocycles. The van der Waals surface area contributed by atoms with Gasteiger partial charge in [0.2, 0.25) is 0 Å². The molecule has 4 rings (SSSR count). The Morgan fingerprint density at radius 3 is 2.45 bits per heavy atom. The van der Waals surface area contributed by atoms with Gasteiger partial charge in [-0.25, -0.2) is 9.24 Å². The molecule has 1 saturated heterocycles. The molecule has 0 spiro atoms. The van der Waals surface area contributed by atoms with E-state index >= 15 is 4.39 Å². The van der Waals surface area contributed by atoms with Crippen LogP contribution in [-0.2, 0) is 0 Å². The van der Waals surface area contributed by atoms with Crippen LogP contribution in [0.2, 0.25) is 5.02 Å². The summed E-state index contributed by atoms with van der Waals surface area (Å²) in [4.78, 5) is 7.72. The molecule has 1 aliphatic heterocycles. The molecule has 0 saturated carbocycles. The molecule has 0 aliphatic carbocycles. The minimum Gasteiger partial charge on any atom is -0.497 e. The molecule has 0 bridgehead atoms. The molecule has 3 aromatic carbocycles. The van der Waals surface area contributed by atoms with E-state index in [0.29, 0.717) is 41.8 Å². The van der Waals surface area contributed by atoms with Crippen LogP contribution in [0.25, 0.3) is 4.85 Å². The molecular formula is C26H25ClFN3O2. The molecule has 33 heavy (non-hydrogen) atoms. The Bertz CT molecular complexity index is 1130. The summed E-state index contributed by atoms with van der Waals surface area (Å²) in [5, 5.41) is 10.9. The molecule has 0 unspecified atom stereocenters. The van der Waals surface area contributed by atoms with E-state index in [1.54, 1.807) is 24.3 Å². The number of methoxy groups -OCH3 is 1. The lowest BCUT2D eigenvalue weighted by Crippen LogP contribution is -2.50. The number of hydrogen-bond acceptors (Lipinski definition) is 4. The second kappa shape index (κ2) is 10.2. The number of rotatable bonds is 6. The fraction of sp³-hybridized carbons (Fsp3) is 0.269. The van der Waals surface area contributed by atoms with Gasteiger partial charge in [-0.05, 0) is 35.4 Å². The van der Waals surface area contributed by atoms with Crippen LogP contribution < -0.4 is 9.64 Å². The lowest BCUT2D eigenvalue weighted by molar-refractivity contribution is 0.103. The highest BCUT2D eigenvalue weighted by molar-refractivity contribution is 6.30. The van der Waals surface area contributed by atoms with Gasteiger partial charge < -0.3 is 14.7 Å². The van der Waals surface area contributed by atoms with E-state index in [2.05, 4.69) is 14.6 Å². The second-order valence-corrected chi connectivity index (χ2v) is 8.41. The summed E-state index contributed by atoms with van der Waals surface area (Å²) in [5.74, 6) is 0.135. The Kier molecular flexibility index (Phi) is 7.14. The van der Waals surface area contributed by atoms with Crippen LogP contribution in [0.1, 0.15) is 23.2 Å². The van der Waals surface area contributed by atoms with Gasteiger partial charge in [-0.1, -0.05) is 48.0 Å². The zero-order valence-electron chi connectivity index (χ0n) is 18.3. The minimum atomic E-state index is -0.338. The molecule has 2 atom stereocenters. The predicted octanol–water partition coefficient (Wildman–Crippen LogP) is 5.64. The first-order chi connectivity index (χ1) is 16.0. The lowest BCUT2D eigenvalue weighted by atomic mass is 9.98. The highest BCUT2D eigenvalue weighted by Gasteiger charge is 2.33. The molecule has 1 heterocycles. The van der Waals surface area contributed by atoms with Crippen LogP contribution in [0.3, 0.4) is 0 Å². The largest absolute Gasteiger partial charge is 0.497 e. The zero-order chi connectivity index (χ0) is 23.4. The topological polar surface area (TPSA) is 40.3 Å². The number of piperazine rings is 1. The maximum absolute atomic E-state index is 15.0. The molecule has 1 aliphatic rings. The number of aliphatic hydroxyl groups is 1. The Hall–Kier alpha value is -3.11. The SMILES string of the molecule is [C-]#[N+]c1ccc([C@@H](CO)N2CCN(c3ccc(OC)cc3F)[C@H](c3ccc(Cl)cc3)C2)cc1. The third-order valence-corrected chi connectivity index (χ3v) is 6.40. The van der Waals surface area contributed by atoms with Crippen molar-refractivity contribution in [3.8, 4) is 5.75 Å². The molecule has 0 amide bonds. The number of nitrogens with zero attached hydrogens (tertiary/aromatic N) is 3. The summed E-state index contributed by atoms with van der Waals surface area (Å²) in [7, 11) is 1.52. The number of anilines is 1. The minimum absolute atomic E-state index is 0.0540. The smallest absolute Gasteiger partial charge is 0.187 e. The van der Waals surface area contributed by atoms with Gasteiger partial charge in [-0.15, -0.1) is 0 Å². The van der Waals surface area contributed by atoms with Crippen molar-refractivity contribution in [1.82, 2.24) is 4.90 Å². The van der Waals surface area contributed by atoms with E-state index in [1.165, 1.54) is 13.2 Å². The van der Waals surface area contributed by atoms with Gasteiger partial charge in [0.25, 0.3) is 0 Å². The maximum atomic E-state index is 15.0. The molecule has 1 N–H and O–H groups in total. The van der Waals surface area contributed by atoms with Crippen molar-refractivity contribution in [3.05, 3.63) is 100 Å². The van der Waals surface area contributed by atoms with E-state index in [-0.39, 0.29) is 24.5 Å². The van der Waals surface area contributed by atoms with Crippen LogP contribution in [0.15, 0.2) is 66.7 Å². The average Bonchev–Trinajstić information content (AvgIpc) is 2.85. The monoisotopic (exact) mass is 465 g/mol. The van der Waals surface area contributed by atoms with Crippen molar-refractivity contribution in [3.63, 3.8) is 0 Å². The van der Waals surface area contributed by atoms with E-state index in [4.69, 9.17) is 22.9 Å². The quantitative estimate of drug-likeness (QED) is 0.478. The molecule has 7 heteroatoms. The van der Waals surface area contributed by atoms with Crippen molar-refractivity contribution < 1.29 is 14.2 Å². The van der Waals surface area contributed by atoms with Gasteiger partial charge in [0, 0.05) is 30.7 Å². The van der Waals surface area contributed by atoms with Gasteiger partial charge in [0.15, 0.2) is 5.69 Å². The van der Waals surface area contributed by atoms with Gasteiger partial charge >= 0.3 is 0 Å². The van der Waals surface area contributed by atoms with E-state index in [1.807, 2.05) is 36.4 Å². The molecule has 3 aromatic rings. The molecular weight excluding hydrogens is 441 g/mol. The van der Waals surface area contributed by atoms with Crippen molar-refractivity contribution in [1.29, 1.82) is 0 Å². The number of ether oxygens (including phenoxy) is 1. The molecule has 1 fully saturated rings. The van der Waals surface area contributed by atoms with Crippen LogP contribution >= 0.6 is 11.6 Å². The van der Waals surface area contributed by atoms with Crippen molar-refractivity contribution in [2.45, 2.75) is 12.1 Å². The summed E-state index contributed by atoms with van der Waals surface area (Å²) < 4.78 is 20.2. The number of aliphatic hydroxyl groups excluding tert-OH is 1. The summed E-state index contributed by atoms with van der Waals surface area (Å²) in [6.07, 6.45) is 0. The molecule has 0 radical (unpaired) electrons. The van der Waals surface area contributed by atoms with Gasteiger partial charge in [-0.2, -0.15) is 0 Å². The standard InChI is InChI=1S/C26H25ClFN3O2/c1-29-21-9-5-19(6-10-21)26(17-32)30-13-14-31(24-12-11-22(33-2)15-23(24)28)25(16-30)18-3-7-20(27)8-4-18/h3-12,15,25-26,32H,13-14,16-17H2,2H3/t25-,26+/m0/s1. The predicted molar refractivity (Wildman–Crippen MR) is 129 cm³/mol. The first-order valence-corrected chi connectivity index (χ1v) is 11.1. The second-order valence-electron chi connectivity index (χ2n) is 7.97. The van der Waals surface area contributed by atoms with Crippen molar-refractivity contribution in [2.75, 3.05) is 38.3 Å². The van der Waals surface area contributed by atoms with E-state index < -0.39 is 0 Å². The normalized spacial score (nSPS) is 17.4. The summed E-state index contributed by atoms with van der Waals surface area (Å²) >= 11 is 6.12. The van der Waals surface area contributed by atoms with Crippen LogP contribution in [-0.4, -0.2) is 43.4 Å². The van der Waals surface area contributed by atoms with E-state index in [0.717, 1.165) is 11.1 Å². The van der Waals surface area contributed by atoms with Gasteiger partial charge in [-0.3, -0.25) is 4.90 Å². The van der Waals surface area contributed by atoms with Gasteiger partial charge in [0.05, 0.1) is 38.1 Å². The third-order valence-electron chi connectivity index (χ3n) is 6.15. The van der Waals surface area contributed by atoms with Crippen molar-refractivity contribution >= 4 is 23.0 Å². The van der Waals surface area contributed by atoms with E-state index in [9.17, 15) is 5.11 Å². The highest BCUT2D eigenvalue weighted by atomic mass is 35.5. The highest BCUT2D eigenvalue weighted by Crippen LogP contribution is 2.36. The van der Waals surface area contributed by atoms with Crippen LogP contribution in [0.4, 0.5) is 15.8 Å². The number of halogens is 2. The van der Waals surface area contributed by atoms with Gasteiger partial charge in [0.1, 0.15) is 11.6 Å².